The van der Waals surface area contributed by atoms with Gasteiger partial charge in [-0.1, -0.05) is 6.42 Å². The molecule has 4 rings (SSSR count). The van der Waals surface area contributed by atoms with E-state index in [4.69, 9.17) is 0 Å². The Morgan fingerprint density at radius 1 is 1.29 bits per heavy atom. The molecule has 21 heavy (non-hydrogen) atoms. The van der Waals surface area contributed by atoms with Gasteiger partial charge in [0.15, 0.2) is 0 Å². The van der Waals surface area contributed by atoms with E-state index in [1.807, 2.05) is 17.6 Å². The van der Waals surface area contributed by atoms with E-state index in [0.29, 0.717) is 23.8 Å². The summed E-state index contributed by atoms with van der Waals surface area (Å²) in [5.74, 6) is 0.0989. The number of aromatic carboxylic acids is 1. The largest absolute Gasteiger partial charge is 0.477 e. The first-order valence-electron chi connectivity index (χ1n) is 7.56. The first-order valence-corrected chi connectivity index (χ1v) is 7.56. The lowest BCUT2D eigenvalue weighted by atomic mass is 9.69. The highest BCUT2D eigenvalue weighted by molar-refractivity contribution is 5.93. The van der Waals surface area contributed by atoms with Crippen LogP contribution in [0.5, 0.6) is 0 Å². The number of aromatic nitrogens is 1. The smallest absolute Gasteiger partial charge is 0.341 e. The molecule has 4 nitrogen and oxygen atoms in total. The van der Waals surface area contributed by atoms with Crippen LogP contribution in [-0.2, 0) is 6.54 Å². The zero-order valence-corrected chi connectivity index (χ0v) is 11.9. The number of fused-ring (bicyclic) bond motifs is 5. The van der Waals surface area contributed by atoms with Gasteiger partial charge in [0.25, 0.3) is 0 Å². The van der Waals surface area contributed by atoms with Gasteiger partial charge in [-0.3, -0.25) is 4.79 Å². The summed E-state index contributed by atoms with van der Waals surface area (Å²) in [4.78, 5) is 23.7. The third-order valence-corrected chi connectivity index (χ3v) is 5.17. The van der Waals surface area contributed by atoms with E-state index in [2.05, 4.69) is 6.07 Å². The predicted octanol–water partition coefficient (Wildman–Crippen LogP) is 3.08. The lowest BCUT2D eigenvalue weighted by Gasteiger charge is -2.35. The quantitative estimate of drug-likeness (QED) is 0.921. The number of pyridine rings is 1. The second-order valence-electron chi connectivity index (χ2n) is 6.11. The van der Waals surface area contributed by atoms with E-state index < -0.39 is 5.97 Å². The maximum atomic E-state index is 12.4. The third-order valence-electron chi connectivity index (χ3n) is 5.17. The van der Waals surface area contributed by atoms with Gasteiger partial charge in [0.2, 0.25) is 5.43 Å². The molecule has 0 saturated heterocycles. The van der Waals surface area contributed by atoms with Gasteiger partial charge in [0.05, 0.1) is 5.52 Å². The molecule has 0 aliphatic heterocycles. The molecule has 2 aromatic rings. The molecule has 1 saturated carbocycles. The topological polar surface area (TPSA) is 59.3 Å². The second kappa shape index (κ2) is 4.20. The average Bonchev–Trinajstić information content (AvgIpc) is 2.88. The van der Waals surface area contributed by atoms with Gasteiger partial charge in [0, 0.05) is 18.1 Å². The zero-order chi connectivity index (χ0) is 14.7. The van der Waals surface area contributed by atoms with E-state index in [-0.39, 0.29) is 11.0 Å². The van der Waals surface area contributed by atoms with Crippen molar-refractivity contribution >= 4 is 16.9 Å². The Balaban J connectivity index is 2.05. The third kappa shape index (κ3) is 1.56. The fraction of sp³-hybridized carbons (Fsp3) is 0.412. The van der Waals surface area contributed by atoms with E-state index in [1.54, 1.807) is 0 Å². The fourth-order valence-electron chi connectivity index (χ4n) is 4.13. The summed E-state index contributed by atoms with van der Waals surface area (Å²) in [5.41, 5.74) is 3.02. The monoisotopic (exact) mass is 283 g/mol. The summed E-state index contributed by atoms with van der Waals surface area (Å²) in [6.07, 6.45) is 5.17. The Hall–Kier alpha value is -2.10. The van der Waals surface area contributed by atoms with Gasteiger partial charge in [0.1, 0.15) is 5.56 Å². The molecule has 1 aromatic carbocycles. The molecule has 1 fully saturated rings. The molecule has 2 aliphatic carbocycles. The summed E-state index contributed by atoms with van der Waals surface area (Å²) in [7, 11) is 0. The van der Waals surface area contributed by atoms with Crippen molar-refractivity contribution < 1.29 is 9.90 Å². The Morgan fingerprint density at radius 2 is 1.95 bits per heavy atom. The van der Waals surface area contributed by atoms with E-state index in [9.17, 15) is 14.7 Å². The number of carboxylic acid groups (broad SMARTS) is 1. The molecular weight excluding hydrogens is 266 g/mol. The summed E-state index contributed by atoms with van der Waals surface area (Å²) in [6.45, 7) is 2.62. The summed E-state index contributed by atoms with van der Waals surface area (Å²) in [5, 5.41) is 9.78. The number of benzene rings is 1. The molecule has 1 N–H and O–H groups in total. The van der Waals surface area contributed by atoms with Crippen molar-refractivity contribution in [3.8, 4) is 0 Å². The average molecular weight is 283 g/mol. The number of aryl methyl sites for hydroxylation is 1. The van der Waals surface area contributed by atoms with Crippen LogP contribution in [0.15, 0.2) is 23.1 Å². The van der Waals surface area contributed by atoms with Crippen molar-refractivity contribution in [1.82, 2.24) is 4.57 Å². The van der Waals surface area contributed by atoms with Gasteiger partial charge < -0.3 is 9.67 Å². The summed E-state index contributed by atoms with van der Waals surface area (Å²) >= 11 is 0. The van der Waals surface area contributed by atoms with Crippen molar-refractivity contribution in [3.63, 3.8) is 0 Å². The van der Waals surface area contributed by atoms with Gasteiger partial charge in [-0.05, 0) is 54.9 Å². The van der Waals surface area contributed by atoms with Crippen LogP contribution in [-0.4, -0.2) is 15.6 Å². The highest BCUT2D eigenvalue weighted by Gasteiger charge is 2.41. The van der Waals surface area contributed by atoms with Crippen molar-refractivity contribution in [2.45, 2.75) is 44.6 Å². The molecule has 1 heterocycles. The van der Waals surface area contributed by atoms with Crippen molar-refractivity contribution in [1.29, 1.82) is 0 Å². The number of hydrogen-bond donors (Lipinski definition) is 1. The maximum absolute atomic E-state index is 12.4. The Labute approximate surface area is 122 Å². The zero-order valence-electron chi connectivity index (χ0n) is 11.9. The number of carbonyl (C=O) groups is 1. The van der Waals surface area contributed by atoms with Crippen LogP contribution < -0.4 is 5.43 Å². The minimum absolute atomic E-state index is 0.133. The molecule has 2 unspecified atom stereocenters. The number of rotatable bonds is 2. The standard InChI is InChI=1S/C17H17NO3/c1-2-18-8-14(17(20)21)16(19)13-6-11-9-4-3-5-10(9)12(11)7-15(13)18/h6-10H,2-5H2,1H3,(H,20,21). The number of carboxylic acids is 1. The van der Waals surface area contributed by atoms with Crippen LogP contribution in [0.1, 0.15) is 59.5 Å². The lowest BCUT2D eigenvalue weighted by molar-refractivity contribution is 0.0695. The SMILES string of the molecule is CCn1cc(C(=O)O)c(=O)c2cc3c(cc21)C1CCCC31. The fourth-order valence-corrected chi connectivity index (χ4v) is 4.13. The molecule has 108 valence electrons. The van der Waals surface area contributed by atoms with Gasteiger partial charge in [-0.2, -0.15) is 0 Å². The molecular formula is C17H17NO3. The van der Waals surface area contributed by atoms with Crippen LogP contribution in [0.3, 0.4) is 0 Å². The molecule has 0 radical (unpaired) electrons. The second-order valence-corrected chi connectivity index (χ2v) is 6.11. The molecule has 4 heteroatoms. The Morgan fingerprint density at radius 3 is 2.57 bits per heavy atom. The first-order chi connectivity index (χ1) is 10.1. The molecule has 0 bridgehead atoms. The lowest BCUT2D eigenvalue weighted by Crippen LogP contribution is -2.23. The molecule has 0 amide bonds. The Bertz CT molecular complexity index is 834. The number of hydrogen-bond acceptors (Lipinski definition) is 2. The van der Waals surface area contributed by atoms with Gasteiger partial charge in [-0.25, -0.2) is 4.79 Å². The van der Waals surface area contributed by atoms with E-state index in [0.717, 1.165) is 5.52 Å². The first kappa shape index (κ1) is 12.6. The molecule has 1 aromatic heterocycles. The van der Waals surface area contributed by atoms with Crippen LogP contribution in [0.2, 0.25) is 0 Å². The van der Waals surface area contributed by atoms with Crippen LogP contribution in [0.25, 0.3) is 10.9 Å². The highest BCUT2D eigenvalue weighted by Crippen LogP contribution is 2.56. The normalized spacial score (nSPS) is 22.7. The van der Waals surface area contributed by atoms with E-state index >= 15 is 0 Å². The van der Waals surface area contributed by atoms with Crippen LogP contribution in [0, 0.1) is 0 Å². The van der Waals surface area contributed by atoms with Crippen molar-refractivity contribution in [2.75, 3.05) is 0 Å². The van der Waals surface area contributed by atoms with E-state index in [1.165, 1.54) is 36.6 Å². The maximum Gasteiger partial charge on any atom is 0.341 e. The van der Waals surface area contributed by atoms with Crippen molar-refractivity contribution in [3.05, 3.63) is 45.2 Å². The minimum Gasteiger partial charge on any atom is -0.477 e. The minimum atomic E-state index is -1.15. The predicted molar refractivity (Wildman–Crippen MR) is 80.2 cm³/mol. The van der Waals surface area contributed by atoms with Gasteiger partial charge >= 0.3 is 5.97 Å². The highest BCUT2D eigenvalue weighted by atomic mass is 16.4. The van der Waals surface area contributed by atoms with Crippen molar-refractivity contribution in [2.24, 2.45) is 0 Å². The molecule has 2 aliphatic rings. The summed E-state index contributed by atoms with van der Waals surface area (Å²) in [6, 6.07) is 4.08. The molecule has 2 atom stereocenters. The van der Waals surface area contributed by atoms with Gasteiger partial charge in [-0.15, -0.1) is 0 Å². The van der Waals surface area contributed by atoms with Crippen LogP contribution in [0.4, 0.5) is 0 Å². The number of nitrogens with zero attached hydrogens (tertiary/aromatic N) is 1. The van der Waals surface area contributed by atoms with Crippen LogP contribution >= 0.6 is 0 Å². The summed E-state index contributed by atoms with van der Waals surface area (Å²) < 4.78 is 1.88. The molecule has 0 spiro atoms. The Kier molecular flexibility index (Phi) is 2.52.